The molecule has 29 heavy (non-hydrogen) atoms. The van der Waals surface area contributed by atoms with Gasteiger partial charge in [-0.05, 0) is 77.7 Å². The molecule has 1 unspecified atom stereocenters. The van der Waals surface area contributed by atoms with Crippen molar-refractivity contribution >= 4 is 28.1 Å². The van der Waals surface area contributed by atoms with Gasteiger partial charge < -0.3 is 14.2 Å². The molecule has 0 heterocycles. The zero-order valence-corrected chi connectivity index (χ0v) is 18.8. The lowest BCUT2D eigenvalue weighted by atomic mass is 10.2. The molecule has 2 rings (SSSR count). The standard InChI is InChI=1S/C22H27BrN2O4/c1-5-6-11-28-20-10-8-17(13-21(20)27-4)14-24-25-22(26)16(3)29-19-9-7-15(2)12-18(19)23/h7-10,12-14,16H,5-6,11H2,1-4H3,(H,25,26). The highest BCUT2D eigenvalue weighted by molar-refractivity contribution is 9.10. The molecule has 1 amide bonds. The van der Waals surface area contributed by atoms with Gasteiger partial charge >= 0.3 is 0 Å². The van der Waals surface area contributed by atoms with Crippen LogP contribution < -0.4 is 19.6 Å². The Morgan fingerprint density at radius 2 is 1.97 bits per heavy atom. The van der Waals surface area contributed by atoms with Crippen LogP contribution in [0.25, 0.3) is 0 Å². The molecule has 6 nitrogen and oxygen atoms in total. The van der Waals surface area contributed by atoms with Crippen LogP contribution in [0.1, 0.15) is 37.8 Å². The molecule has 2 aromatic carbocycles. The van der Waals surface area contributed by atoms with Crippen molar-refractivity contribution < 1.29 is 19.0 Å². The molecule has 1 atom stereocenters. The second-order valence-electron chi connectivity index (χ2n) is 6.54. The summed E-state index contributed by atoms with van der Waals surface area (Å²) in [6.45, 7) is 6.41. The van der Waals surface area contributed by atoms with Gasteiger partial charge in [0.05, 0.1) is 24.4 Å². The number of nitrogens with one attached hydrogen (secondary N) is 1. The average molecular weight is 463 g/mol. The van der Waals surface area contributed by atoms with E-state index in [0.29, 0.717) is 23.9 Å². The second kappa shape index (κ2) is 11.5. The number of carbonyl (C=O) groups is 1. The van der Waals surface area contributed by atoms with Gasteiger partial charge in [0.1, 0.15) is 5.75 Å². The summed E-state index contributed by atoms with van der Waals surface area (Å²) in [5.74, 6) is 1.57. The molecule has 0 fully saturated rings. The number of unbranched alkanes of at least 4 members (excludes halogenated alkanes) is 1. The van der Waals surface area contributed by atoms with Gasteiger partial charge in [-0.3, -0.25) is 4.79 Å². The molecule has 0 bridgehead atoms. The van der Waals surface area contributed by atoms with E-state index in [1.165, 1.54) is 0 Å². The first-order valence-electron chi connectivity index (χ1n) is 9.51. The summed E-state index contributed by atoms with van der Waals surface area (Å²) in [6.07, 6.45) is 2.90. The van der Waals surface area contributed by atoms with Crippen LogP contribution in [0.5, 0.6) is 17.2 Å². The fourth-order valence-corrected chi connectivity index (χ4v) is 3.00. The van der Waals surface area contributed by atoms with E-state index in [2.05, 4.69) is 33.4 Å². The normalized spacial score (nSPS) is 11.9. The van der Waals surface area contributed by atoms with Crippen LogP contribution in [0.4, 0.5) is 0 Å². The molecule has 156 valence electrons. The molecule has 7 heteroatoms. The lowest BCUT2D eigenvalue weighted by Crippen LogP contribution is -2.33. The lowest BCUT2D eigenvalue weighted by Gasteiger charge is -2.14. The molecule has 0 radical (unpaired) electrons. The maximum absolute atomic E-state index is 12.2. The van der Waals surface area contributed by atoms with Gasteiger partial charge in [0.25, 0.3) is 5.91 Å². The highest BCUT2D eigenvalue weighted by Crippen LogP contribution is 2.28. The van der Waals surface area contributed by atoms with Crippen molar-refractivity contribution in [3.63, 3.8) is 0 Å². The third kappa shape index (κ3) is 7.09. The Bertz CT molecular complexity index is 855. The van der Waals surface area contributed by atoms with Crippen molar-refractivity contribution in [1.82, 2.24) is 5.43 Å². The number of methoxy groups -OCH3 is 1. The molecule has 0 aliphatic heterocycles. The summed E-state index contributed by atoms with van der Waals surface area (Å²) >= 11 is 3.44. The number of rotatable bonds is 10. The maximum Gasteiger partial charge on any atom is 0.280 e. The average Bonchev–Trinajstić information content (AvgIpc) is 2.70. The smallest absolute Gasteiger partial charge is 0.280 e. The zero-order valence-electron chi connectivity index (χ0n) is 17.2. The number of carbonyl (C=O) groups excluding carboxylic acids is 1. The van der Waals surface area contributed by atoms with E-state index in [1.54, 1.807) is 26.3 Å². The SMILES string of the molecule is CCCCOc1ccc(C=NNC(=O)C(C)Oc2ccc(C)cc2Br)cc1OC. The number of nitrogens with zero attached hydrogens (tertiary/aromatic N) is 1. The molecule has 1 N–H and O–H groups in total. The minimum absolute atomic E-state index is 0.347. The van der Waals surface area contributed by atoms with Gasteiger partial charge in [-0.2, -0.15) is 5.10 Å². The fourth-order valence-electron chi connectivity index (χ4n) is 2.42. The first-order chi connectivity index (χ1) is 13.9. The van der Waals surface area contributed by atoms with Crippen molar-refractivity contribution in [2.45, 2.75) is 39.7 Å². The fraction of sp³-hybridized carbons (Fsp3) is 0.364. The number of halogens is 1. The molecule has 0 aliphatic rings. The minimum atomic E-state index is -0.699. The largest absolute Gasteiger partial charge is 0.493 e. The Morgan fingerprint density at radius 3 is 2.66 bits per heavy atom. The quantitative estimate of drug-likeness (QED) is 0.310. The first-order valence-corrected chi connectivity index (χ1v) is 10.3. The maximum atomic E-state index is 12.2. The molecule has 0 aliphatic carbocycles. The molecular weight excluding hydrogens is 436 g/mol. The minimum Gasteiger partial charge on any atom is -0.493 e. The van der Waals surface area contributed by atoms with Crippen LogP contribution in [0.3, 0.4) is 0 Å². The number of hydrazone groups is 1. The van der Waals surface area contributed by atoms with Crippen molar-refractivity contribution in [3.05, 3.63) is 52.0 Å². The third-order valence-electron chi connectivity index (χ3n) is 4.09. The lowest BCUT2D eigenvalue weighted by molar-refractivity contribution is -0.127. The zero-order chi connectivity index (χ0) is 21.2. The van der Waals surface area contributed by atoms with Crippen molar-refractivity contribution in [2.24, 2.45) is 5.10 Å². The van der Waals surface area contributed by atoms with Crippen LogP contribution in [0, 0.1) is 6.92 Å². The molecule has 0 aromatic heterocycles. The van der Waals surface area contributed by atoms with E-state index in [1.807, 2.05) is 37.3 Å². The summed E-state index contributed by atoms with van der Waals surface area (Å²) in [5.41, 5.74) is 4.37. The number of hydrogen-bond donors (Lipinski definition) is 1. The third-order valence-corrected chi connectivity index (χ3v) is 4.71. The van der Waals surface area contributed by atoms with Crippen LogP contribution in [-0.4, -0.2) is 31.9 Å². The first kappa shape index (κ1) is 22.7. The number of amides is 1. The van der Waals surface area contributed by atoms with Gasteiger partial charge in [0.15, 0.2) is 17.6 Å². The monoisotopic (exact) mass is 462 g/mol. The number of benzene rings is 2. The summed E-state index contributed by atoms with van der Waals surface area (Å²) < 4.78 is 17.6. The van der Waals surface area contributed by atoms with Crippen molar-refractivity contribution in [1.29, 1.82) is 0 Å². The van der Waals surface area contributed by atoms with Crippen molar-refractivity contribution in [2.75, 3.05) is 13.7 Å². The van der Waals surface area contributed by atoms with Crippen LogP contribution >= 0.6 is 15.9 Å². The number of hydrogen-bond acceptors (Lipinski definition) is 5. The highest BCUT2D eigenvalue weighted by Gasteiger charge is 2.15. The molecular formula is C22H27BrN2O4. The Labute approximate surface area is 180 Å². The van der Waals surface area contributed by atoms with Crippen LogP contribution in [-0.2, 0) is 4.79 Å². The summed E-state index contributed by atoms with van der Waals surface area (Å²) in [4.78, 5) is 12.2. The molecule has 0 spiro atoms. The van der Waals surface area contributed by atoms with Crippen LogP contribution in [0.15, 0.2) is 46.0 Å². The Kier molecular flexibility index (Phi) is 8.99. The van der Waals surface area contributed by atoms with E-state index in [4.69, 9.17) is 14.2 Å². The Balaban J connectivity index is 1.93. The van der Waals surface area contributed by atoms with Gasteiger partial charge in [-0.1, -0.05) is 19.4 Å². The van der Waals surface area contributed by atoms with Gasteiger partial charge in [-0.15, -0.1) is 0 Å². The second-order valence-corrected chi connectivity index (χ2v) is 7.39. The van der Waals surface area contributed by atoms with Crippen LogP contribution in [0.2, 0.25) is 0 Å². The predicted octanol–water partition coefficient (Wildman–Crippen LogP) is 4.86. The highest BCUT2D eigenvalue weighted by atomic mass is 79.9. The Morgan fingerprint density at radius 1 is 1.21 bits per heavy atom. The van der Waals surface area contributed by atoms with E-state index in [9.17, 15) is 4.79 Å². The van der Waals surface area contributed by atoms with Gasteiger partial charge in [0.2, 0.25) is 0 Å². The predicted molar refractivity (Wildman–Crippen MR) is 118 cm³/mol. The molecule has 0 saturated carbocycles. The van der Waals surface area contributed by atoms with E-state index >= 15 is 0 Å². The molecule has 0 saturated heterocycles. The van der Waals surface area contributed by atoms with Gasteiger partial charge in [0, 0.05) is 0 Å². The van der Waals surface area contributed by atoms with E-state index < -0.39 is 6.10 Å². The summed E-state index contributed by atoms with van der Waals surface area (Å²) in [7, 11) is 1.59. The van der Waals surface area contributed by atoms with Gasteiger partial charge in [-0.25, -0.2) is 5.43 Å². The summed E-state index contributed by atoms with van der Waals surface area (Å²) in [6, 6.07) is 11.2. The number of ether oxygens (including phenoxy) is 3. The molecule has 2 aromatic rings. The topological polar surface area (TPSA) is 69.2 Å². The van der Waals surface area contributed by atoms with E-state index in [0.717, 1.165) is 28.4 Å². The van der Waals surface area contributed by atoms with E-state index in [-0.39, 0.29) is 5.91 Å². The summed E-state index contributed by atoms with van der Waals surface area (Å²) in [5, 5.41) is 4.01. The Hall–Kier alpha value is -2.54. The number of aryl methyl sites for hydroxylation is 1. The van der Waals surface area contributed by atoms with Crippen molar-refractivity contribution in [3.8, 4) is 17.2 Å².